The first kappa shape index (κ1) is 26.4. The van der Waals surface area contributed by atoms with Gasteiger partial charge in [-0.3, -0.25) is 14.4 Å². The smallest absolute Gasteiger partial charge is 0.261 e. The Morgan fingerprint density at radius 1 is 1.00 bits per heavy atom. The van der Waals surface area contributed by atoms with Crippen LogP contribution in [0.25, 0.3) is 10.9 Å². The van der Waals surface area contributed by atoms with Gasteiger partial charge in [0.1, 0.15) is 16.8 Å². The molecule has 0 fully saturated rings. The van der Waals surface area contributed by atoms with Gasteiger partial charge in [-0.2, -0.15) is 0 Å². The summed E-state index contributed by atoms with van der Waals surface area (Å²) in [5, 5.41) is 1.51. The van der Waals surface area contributed by atoms with Gasteiger partial charge in [-0.25, -0.2) is 9.97 Å². The van der Waals surface area contributed by atoms with E-state index < -0.39 is 0 Å². The molecule has 0 amide bonds. The monoisotopic (exact) mass is 547 g/mol. The average molecular weight is 549 g/mol. The SMILES string of the molecule is Cc1cc(C2=NC(C)(C)CN2C(c2nc3cc(Cl)ccc3c(=O)n2Cc2ccccc2)C(C)C)cc(Cl)n1. The van der Waals surface area contributed by atoms with Crippen molar-refractivity contribution in [3.63, 3.8) is 0 Å². The first-order chi connectivity index (χ1) is 18.0. The number of amidine groups is 1. The number of hydrogen-bond acceptors (Lipinski definition) is 5. The van der Waals surface area contributed by atoms with E-state index in [4.69, 9.17) is 33.2 Å². The van der Waals surface area contributed by atoms with Crippen LogP contribution in [0.4, 0.5) is 0 Å². The standard InChI is InChI=1S/C30H31Cl2N5O/c1-18(2)26(37-17-30(4,5)35-27(37)21-13-19(3)33-25(32)14-21)28-34-24-15-22(31)11-12-23(24)29(38)36(28)16-20-9-7-6-8-10-20/h6-15,18,26H,16-17H2,1-5H3. The van der Waals surface area contributed by atoms with Crippen molar-refractivity contribution >= 4 is 39.9 Å². The van der Waals surface area contributed by atoms with E-state index in [0.717, 1.165) is 22.7 Å². The lowest BCUT2D eigenvalue weighted by Crippen LogP contribution is -2.42. The number of pyridine rings is 1. The van der Waals surface area contributed by atoms with Crippen LogP contribution in [-0.2, 0) is 6.54 Å². The molecule has 2 aromatic heterocycles. The highest BCUT2D eigenvalue weighted by atomic mass is 35.5. The fraction of sp³-hybridized carbons (Fsp3) is 0.333. The van der Waals surface area contributed by atoms with Crippen LogP contribution in [0, 0.1) is 12.8 Å². The number of hydrogen-bond donors (Lipinski definition) is 0. The van der Waals surface area contributed by atoms with Crippen molar-refractivity contribution in [3.8, 4) is 0 Å². The van der Waals surface area contributed by atoms with Crippen LogP contribution in [0.1, 0.15) is 56.4 Å². The van der Waals surface area contributed by atoms with Gasteiger partial charge in [-0.15, -0.1) is 0 Å². The summed E-state index contributed by atoms with van der Waals surface area (Å²) in [5.41, 5.74) is 2.92. The molecule has 0 bridgehead atoms. The molecule has 4 aromatic rings. The van der Waals surface area contributed by atoms with Crippen molar-refractivity contribution in [2.24, 2.45) is 10.9 Å². The summed E-state index contributed by atoms with van der Waals surface area (Å²) in [7, 11) is 0. The second-order valence-electron chi connectivity index (χ2n) is 10.9. The average Bonchev–Trinajstić information content (AvgIpc) is 3.16. The normalized spacial score (nSPS) is 15.8. The molecule has 1 aliphatic heterocycles. The molecule has 0 saturated carbocycles. The Labute approximate surface area is 233 Å². The van der Waals surface area contributed by atoms with Gasteiger partial charge in [-0.05, 0) is 62.6 Å². The number of aliphatic imine (C=N–C) groups is 1. The summed E-state index contributed by atoms with van der Waals surface area (Å²) in [4.78, 5) is 30.8. The Balaban J connectivity index is 1.73. The van der Waals surface area contributed by atoms with E-state index in [1.165, 1.54) is 0 Å². The summed E-state index contributed by atoms with van der Waals surface area (Å²) in [6.07, 6.45) is 0. The fourth-order valence-electron chi connectivity index (χ4n) is 5.25. The zero-order chi connectivity index (χ0) is 27.2. The minimum atomic E-state index is -0.336. The summed E-state index contributed by atoms with van der Waals surface area (Å²) < 4.78 is 1.81. The summed E-state index contributed by atoms with van der Waals surface area (Å²) in [5.74, 6) is 1.62. The number of benzene rings is 2. The molecule has 1 atom stereocenters. The van der Waals surface area contributed by atoms with Crippen molar-refractivity contribution in [2.45, 2.75) is 52.7 Å². The first-order valence-electron chi connectivity index (χ1n) is 12.8. The lowest BCUT2D eigenvalue weighted by molar-refractivity contribution is 0.225. The molecule has 3 heterocycles. The molecule has 0 spiro atoms. The van der Waals surface area contributed by atoms with Crippen LogP contribution in [0.3, 0.4) is 0 Å². The maximum absolute atomic E-state index is 14.0. The lowest BCUT2D eigenvalue weighted by Gasteiger charge is -2.35. The molecule has 1 aliphatic rings. The third kappa shape index (κ3) is 5.20. The van der Waals surface area contributed by atoms with E-state index in [1.54, 1.807) is 18.2 Å². The predicted octanol–water partition coefficient (Wildman–Crippen LogP) is 6.69. The largest absolute Gasteiger partial charge is 0.344 e. The van der Waals surface area contributed by atoms with Crippen LogP contribution in [0.2, 0.25) is 10.2 Å². The highest BCUT2D eigenvalue weighted by Gasteiger charge is 2.40. The fourth-order valence-corrected chi connectivity index (χ4v) is 5.67. The second-order valence-corrected chi connectivity index (χ2v) is 11.7. The molecular formula is C30H31Cl2N5O. The zero-order valence-electron chi connectivity index (χ0n) is 22.2. The molecule has 0 radical (unpaired) electrons. The Hall–Kier alpha value is -3.22. The number of fused-ring (bicyclic) bond motifs is 1. The van der Waals surface area contributed by atoms with Crippen LogP contribution < -0.4 is 5.56 Å². The molecular weight excluding hydrogens is 517 g/mol. The van der Waals surface area contributed by atoms with Crippen molar-refractivity contribution in [2.75, 3.05) is 6.54 Å². The lowest BCUT2D eigenvalue weighted by atomic mass is 9.98. The Morgan fingerprint density at radius 3 is 2.42 bits per heavy atom. The van der Waals surface area contributed by atoms with Crippen molar-refractivity contribution in [1.82, 2.24) is 19.4 Å². The van der Waals surface area contributed by atoms with Crippen LogP contribution in [0.15, 0.2) is 70.5 Å². The van der Waals surface area contributed by atoms with Crippen LogP contribution in [0.5, 0.6) is 0 Å². The van der Waals surface area contributed by atoms with Gasteiger partial charge in [0, 0.05) is 22.8 Å². The van der Waals surface area contributed by atoms with Gasteiger partial charge in [0.05, 0.1) is 29.0 Å². The molecule has 2 aromatic carbocycles. The molecule has 8 heteroatoms. The minimum absolute atomic E-state index is 0.0871. The van der Waals surface area contributed by atoms with Crippen molar-refractivity contribution in [1.29, 1.82) is 0 Å². The molecule has 38 heavy (non-hydrogen) atoms. The number of nitrogens with zero attached hydrogens (tertiary/aromatic N) is 5. The number of rotatable bonds is 6. The van der Waals surface area contributed by atoms with Crippen LogP contribution >= 0.6 is 23.2 Å². The topological polar surface area (TPSA) is 63.4 Å². The van der Waals surface area contributed by atoms with Gasteiger partial charge < -0.3 is 4.90 Å². The van der Waals surface area contributed by atoms with E-state index in [9.17, 15) is 4.79 Å². The molecule has 1 unspecified atom stereocenters. The quantitative estimate of drug-likeness (QED) is 0.252. The van der Waals surface area contributed by atoms with Gasteiger partial charge in [-0.1, -0.05) is 67.4 Å². The second kappa shape index (κ2) is 10.2. The van der Waals surface area contributed by atoms with Crippen LogP contribution in [-0.4, -0.2) is 37.4 Å². The predicted molar refractivity (Wildman–Crippen MR) is 155 cm³/mol. The Kier molecular flexibility index (Phi) is 7.05. The Bertz CT molecular complexity index is 1570. The summed E-state index contributed by atoms with van der Waals surface area (Å²) in [6.45, 7) is 11.5. The summed E-state index contributed by atoms with van der Waals surface area (Å²) in [6, 6.07) is 18.9. The highest BCUT2D eigenvalue weighted by Crippen LogP contribution is 2.36. The van der Waals surface area contributed by atoms with Gasteiger partial charge in [0.25, 0.3) is 5.56 Å². The molecule has 196 valence electrons. The highest BCUT2D eigenvalue weighted by molar-refractivity contribution is 6.31. The molecule has 0 aliphatic carbocycles. The molecule has 5 rings (SSSR count). The van der Waals surface area contributed by atoms with E-state index >= 15 is 0 Å². The number of halogens is 2. The van der Waals surface area contributed by atoms with Gasteiger partial charge >= 0.3 is 0 Å². The molecule has 6 nitrogen and oxygen atoms in total. The first-order valence-corrected chi connectivity index (χ1v) is 13.5. The number of aryl methyl sites for hydroxylation is 1. The third-order valence-corrected chi connectivity index (χ3v) is 7.21. The van der Waals surface area contributed by atoms with E-state index in [1.807, 2.05) is 54.0 Å². The van der Waals surface area contributed by atoms with Crippen molar-refractivity contribution in [3.05, 3.63) is 104 Å². The Morgan fingerprint density at radius 2 is 1.74 bits per heavy atom. The number of aromatic nitrogens is 3. The minimum Gasteiger partial charge on any atom is -0.344 e. The zero-order valence-corrected chi connectivity index (χ0v) is 23.8. The van der Waals surface area contributed by atoms with Gasteiger partial charge in [0.2, 0.25) is 0 Å². The van der Waals surface area contributed by atoms with E-state index in [2.05, 4.69) is 37.6 Å². The molecule has 0 saturated heterocycles. The third-order valence-electron chi connectivity index (χ3n) is 6.78. The molecule has 0 N–H and O–H groups in total. The van der Waals surface area contributed by atoms with Crippen molar-refractivity contribution < 1.29 is 0 Å². The van der Waals surface area contributed by atoms with E-state index in [-0.39, 0.29) is 23.1 Å². The summed E-state index contributed by atoms with van der Waals surface area (Å²) >= 11 is 12.7. The van der Waals surface area contributed by atoms with Gasteiger partial charge in [0.15, 0.2) is 0 Å². The maximum Gasteiger partial charge on any atom is 0.261 e. The maximum atomic E-state index is 14.0. The van der Waals surface area contributed by atoms with E-state index in [0.29, 0.717) is 40.0 Å².